The van der Waals surface area contributed by atoms with Crippen LogP contribution in [0.4, 0.5) is 5.82 Å². The van der Waals surface area contributed by atoms with Crippen LogP contribution in [0, 0.1) is 0 Å². The van der Waals surface area contributed by atoms with E-state index in [0.717, 1.165) is 10.0 Å². The van der Waals surface area contributed by atoms with Crippen LogP contribution >= 0.6 is 27.5 Å². The van der Waals surface area contributed by atoms with Gasteiger partial charge < -0.3 is 5.73 Å². The number of nitrogens with zero attached hydrogens (tertiary/aromatic N) is 2. The number of nitrogens with two attached hydrogens (primary N) is 1. The maximum atomic E-state index is 6.08. The highest BCUT2D eigenvalue weighted by Crippen LogP contribution is 2.31. The van der Waals surface area contributed by atoms with E-state index < -0.39 is 0 Å². The SMILES string of the molecule is Nc1nccnc1-c1ccc(Br)cc1Cl. The lowest BCUT2D eigenvalue weighted by atomic mass is 10.1. The van der Waals surface area contributed by atoms with Gasteiger partial charge in [0.05, 0.1) is 5.02 Å². The molecule has 0 atom stereocenters. The summed E-state index contributed by atoms with van der Waals surface area (Å²) in [6, 6.07) is 5.53. The summed E-state index contributed by atoms with van der Waals surface area (Å²) in [4.78, 5) is 8.12. The number of anilines is 1. The molecule has 1 aromatic carbocycles. The van der Waals surface area contributed by atoms with Crippen LogP contribution in [0.3, 0.4) is 0 Å². The van der Waals surface area contributed by atoms with E-state index in [4.69, 9.17) is 17.3 Å². The van der Waals surface area contributed by atoms with Crippen LogP contribution in [-0.4, -0.2) is 9.97 Å². The van der Waals surface area contributed by atoms with Gasteiger partial charge in [-0.3, -0.25) is 4.98 Å². The second-order valence-electron chi connectivity index (χ2n) is 2.91. The van der Waals surface area contributed by atoms with Gasteiger partial charge in [-0.1, -0.05) is 33.6 Å². The first-order valence-corrected chi connectivity index (χ1v) is 5.37. The molecule has 0 saturated heterocycles. The molecule has 2 rings (SSSR count). The Morgan fingerprint density at radius 2 is 1.93 bits per heavy atom. The van der Waals surface area contributed by atoms with Gasteiger partial charge in [-0.15, -0.1) is 0 Å². The van der Waals surface area contributed by atoms with Gasteiger partial charge in [-0.25, -0.2) is 4.98 Å². The smallest absolute Gasteiger partial charge is 0.150 e. The highest BCUT2D eigenvalue weighted by Gasteiger charge is 2.08. The average Bonchev–Trinajstić information content (AvgIpc) is 2.20. The number of nitrogen functional groups attached to an aromatic ring is 1. The summed E-state index contributed by atoms with van der Waals surface area (Å²) in [5, 5.41) is 0.594. The molecule has 0 aliphatic heterocycles. The Kier molecular flexibility index (Phi) is 2.88. The minimum absolute atomic E-state index is 0.377. The average molecular weight is 285 g/mol. The van der Waals surface area contributed by atoms with Crippen molar-refractivity contribution < 1.29 is 0 Å². The molecule has 0 spiro atoms. The van der Waals surface area contributed by atoms with Gasteiger partial charge in [0.25, 0.3) is 0 Å². The summed E-state index contributed by atoms with van der Waals surface area (Å²) in [5.41, 5.74) is 7.10. The number of halogens is 2. The Morgan fingerprint density at radius 3 is 2.60 bits per heavy atom. The predicted octanol–water partition coefficient (Wildman–Crippen LogP) is 3.14. The van der Waals surface area contributed by atoms with Gasteiger partial charge in [0.15, 0.2) is 0 Å². The van der Waals surface area contributed by atoms with Crippen LogP contribution in [0.25, 0.3) is 11.3 Å². The number of rotatable bonds is 1. The zero-order chi connectivity index (χ0) is 10.8. The molecule has 5 heteroatoms. The minimum Gasteiger partial charge on any atom is -0.382 e. The van der Waals surface area contributed by atoms with E-state index in [2.05, 4.69) is 25.9 Å². The van der Waals surface area contributed by atoms with Gasteiger partial charge >= 0.3 is 0 Å². The maximum Gasteiger partial charge on any atom is 0.150 e. The molecule has 2 aromatic rings. The molecule has 2 N–H and O–H groups in total. The first kappa shape index (κ1) is 10.4. The van der Waals surface area contributed by atoms with Crippen LogP contribution < -0.4 is 5.73 Å². The number of hydrogen-bond donors (Lipinski definition) is 1. The molecule has 1 aromatic heterocycles. The molecule has 0 aliphatic rings. The molecule has 3 nitrogen and oxygen atoms in total. The maximum absolute atomic E-state index is 6.08. The molecular formula is C10H7BrClN3. The van der Waals surface area contributed by atoms with Gasteiger partial charge in [-0.2, -0.15) is 0 Å². The molecular weight excluding hydrogens is 277 g/mol. The molecule has 0 bridgehead atoms. The normalized spacial score (nSPS) is 10.3. The minimum atomic E-state index is 0.377. The van der Waals surface area contributed by atoms with Crippen molar-refractivity contribution in [3.05, 3.63) is 40.1 Å². The van der Waals surface area contributed by atoms with E-state index in [1.807, 2.05) is 12.1 Å². The van der Waals surface area contributed by atoms with Crippen LogP contribution in [0.1, 0.15) is 0 Å². The van der Waals surface area contributed by atoms with Crippen molar-refractivity contribution in [1.29, 1.82) is 0 Å². The van der Waals surface area contributed by atoms with Gasteiger partial charge in [0.1, 0.15) is 11.5 Å². The lowest BCUT2D eigenvalue weighted by Gasteiger charge is -2.05. The van der Waals surface area contributed by atoms with Gasteiger partial charge in [0, 0.05) is 22.4 Å². The Hall–Kier alpha value is -1.13. The third kappa shape index (κ3) is 2.11. The Morgan fingerprint density at radius 1 is 1.20 bits per heavy atom. The molecule has 76 valence electrons. The summed E-state index contributed by atoms with van der Waals surface area (Å²) >= 11 is 9.42. The van der Waals surface area contributed by atoms with Gasteiger partial charge in [-0.05, 0) is 12.1 Å². The number of hydrogen-bond acceptors (Lipinski definition) is 3. The largest absolute Gasteiger partial charge is 0.382 e. The van der Waals surface area contributed by atoms with Crippen LogP contribution in [0.5, 0.6) is 0 Å². The highest BCUT2D eigenvalue weighted by molar-refractivity contribution is 9.10. The first-order chi connectivity index (χ1) is 7.18. The summed E-state index contributed by atoms with van der Waals surface area (Å²) in [6.07, 6.45) is 3.13. The molecule has 0 fully saturated rings. The first-order valence-electron chi connectivity index (χ1n) is 4.20. The fourth-order valence-electron chi connectivity index (χ4n) is 1.24. The monoisotopic (exact) mass is 283 g/mol. The second-order valence-corrected chi connectivity index (χ2v) is 4.24. The number of aromatic nitrogens is 2. The quantitative estimate of drug-likeness (QED) is 0.875. The van der Waals surface area contributed by atoms with E-state index in [1.54, 1.807) is 18.5 Å². The van der Waals surface area contributed by atoms with Crippen molar-refractivity contribution in [2.75, 3.05) is 5.73 Å². The molecule has 15 heavy (non-hydrogen) atoms. The van der Waals surface area contributed by atoms with Crippen molar-refractivity contribution >= 4 is 33.3 Å². The summed E-state index contributed by atoms with van der Waals surface area (Å²) < 4.78 is 0.915. The fourth-order valence-corrected chi connectivity index (χ4v) is 2.00. The van der Waals surface area contributed by atoms with E-state index in [0.29, 0.717) is 16.5 Å². The molecule has 0 saturated carbocycles. The van der Waals surface area contributed by atoms with E-state index in [-0.39, 0.29) is 0 Å². The van der Waals surface area contributed by atoms with Crippen LogP contribution in [-0.2, 0) is 0 Å². The van der Waals surface area contributed by atoms with Crippen molar-refractivity contribution in [1.82, 2.24) is 9.97 Å². The van der Waals surface area contributed by atoms with E-state index >= 15 is 0 Å². The number of benzene rings is 1. The van der Waals surface area contributed by atoms with Crippen molar-refractivity contribution in [2.45, 2.75) is 0 Å². The van der Waals surface area contributed by atoms with Crippen molar-refractivity contribution in [3.8, 4) is 11.3 Å². The Bertz CT molecular complexity index is 502. The van der Waals surface area contributed by atoms with Crippen molar-refractivity contribution in [2.24, 2.45) is 0 Å². The van der Waals surface area contributed by atoms with Crippen LogP contribution in [0.15, 0.2) is 35.1 Å². The van der Waals surface area contributed by atoms with E-state index in [9.17, 15) is 0 Å². The Balaban J connectivity index is 2.60. The zero-order valence-electron chi connectivity index (χ0n) is 7.61. The second kappa shape index (κ2) is 4.16. The third-order valence-electron chi connectivity index (χ3n) is 1.91. The third-order valence-corrected chi connectivity index (χ3v) is 2.72. The lowest BCUT2D eigenvalue weighted by molar-refractivity contribution is 1.21. The molecule has 0 unspecified atom stereocenters. The lowest BCUT2D eigenvalue weighted by Crippen LogP contribution is -1.96. The summed E-state index contributed by atoms with van der Waals surface area (Å²) in [6.45, 7) is 0. The highest BCUT2D eigenvalue weighted by atomic mass is 79.9. The van der Waals surface area contributed by atoms with Crippen LogP contribution in [0.2, 0.25) is 5.02 Å². The Labute approximate surface area is 100 Å². The molecule has 0 radical (unpaired) electrons. The molecule has 0 amide bonds. The topological polar surface area (TPSA) is 51.8 Å². The summed E-state index contributed by atoms with van der Waals surface area (Å²) in [7, 11) is 0. The summed E-state index contributed by atoms with van der Waals surface area (Å²) in [5.74, 6) is 0.377. The zero-order valence-corrected chi connectivity index (χ0v) is 9.96. The van der Waals surface area contributed by atoms with E-state index in [1.165, 1.54) is 0 Å². The van der Waals surface area contributed by atoms with Crippen molar-refractivity contribution in [3.63, 3.8) is 0 Å². The predicted molar refractivity (Wildman–Crippen MR) is 64.6 cm³/mol. The standard InChI is InChI=1S/C10H7BrClN3/c11-6-1-2-7(8(12)5-6)9-10(13)15-4-3-14-9/h1-5H,(H2,13,15). The molecule has 1 heterocycles. The van der Waals surface area contributed by atoms with Gasteiger partial charge in [0.2, 0.25) is 0 Å². The fraction of sp³-hybridized carbons (Fsp3) is 0. The molecule has 0 aliphatic carbocycles.